The smallest absolute Gasteiger partial charge is 0.279 e. The Morgan fingerprint density at radius 1 is 1.28 bits per heavy atom. The number of nitrogens with one attached hydrogen (secondary N) is 2. The van der Waals surface area contributed by atoms with Gasteiger partial charge in [-0.1, -0.05) is 30.3 Å². The van der Waals surface area contributed by atoms with Crippen LogP contribution in [0, 0.1) is 6.92 Å². The van der Waals surface area contributed by atoms with Crippen LogP contribution in [0.4, 0.5) is 5.69 Å². The van der Waals surface area contributed by atoms with Crippen molar-refractivity contribution < 1.29 is 14.4 Å². The van der Waals surface area contributed by atoms with Crippen molar-refractivity contribution in [3.05, 3.63) is 71.3 Å². The molecule has 5 heteroatoms. The first-order valence-electron chi connectivity index (χ1n) is 8.18. The first kappa shape index (κ1) is 19.0. The van der Waals surface area contributed by atoms with Gasteiger partial charge in [-0.2, -0.15) is 0 Å². The van der Waals surface area contributed by atoms with E-state index in [9.17, 15) is 4.79 Å². The Morgan fingerprint density at radius 3 is 2.68 bits per heavy atom. The molecule has 0 fully saturated rings. The molecule has 0 aliphatic heterocycles. The normalized spacial score (nSPS) is 11.6. The minimum Gasteiger partial charge on any atom is -0.490 e. The molecular formula is C20H24ClN2O2+. The zero-order valence-corrected chi connectivity index (χ0v) is 15.4. The molecule has 0 aliphatic rings. The van der Waals surface area contributed by atoms with Crippen LogP contribution in [-0.4, -0.2) is 26.1 Å². The summed E-state index contributed by atoms with van der Waals surface area (Å²) in [6.45, 7) is 7.14. The molecule has 1 amide bonds. The number of carbonyl (C=O) groups is 1. The van der Waals surface area contributed by atoms with Crippen molar-refractivity contribution in [3.8, 4) is 5.75 Å². The van der Waals surface area contributed by atoms with Gasteiger partial charge < -0.3 is 15.0 Å². The van der Waals surface area contributed by atoms with E-state index in [0.717, 1.165) is 34.0 Å². The number of likely N-dealkylation sites (N-methyl/N-ethyl adjacent to an activating group) is 1. The van der Waals surface area contributed by atoms with Gasteiger partial charge in [0.1, 0.15) is 18.9 Å². The summed E-state index contributed by atoms with van der Waals surface area (Å²) in [7, 11) is 1.99. The summed E-state index contributed by atoms with van der Waals surface area (Å²) in [5.41, 5.74) is 2.79. The summed E-state index contributed by atoms with van der Waals surface area (Å²) in [6.07, 6.45) is 1.71. The van der Waals surface area contributed by atoms with Gasteiger partial charge in [-0.05, 0) is 48.9 Å². The molecule has 0 saturated heterocycles. The second kappa shape index (κ2) is 9.25. The number of amides is 1. The van der Waals surface area contributed by atoms with Crippen LogP contribution < -0.4 is 15.0 Å². The number of ether oxygens (including phenoxy) is 1. The first-order chi connectivity index (χ1) is 12.0. The van der Waals surface area contributed by atoms with Crippen molar-refractivity contribution in [2.45, 2.75) is 13.5 Å². The fourth-order valence-corrected chi connectivity index (χ4v) is 2.66. The van der Waals surface area contributed by atoms with Crippen LogP contribution in [0.2, 0.25) is 5.02 Å². The molecule has 4 nitrogen and oxygen atoms in total. The van der Waals surface area contributed by atoms with E-state index in [1.807, 2.05) is 56.4 Å². The van der Waals surface area contributed by atoms with Crippen LogP contribution in [0.15, 0.2) is 55.1 Å². The van der Waals surface area contributed by atoms with Crippen LogP contribution >= 0.6 is 11.6 Å². The van der Waals surface area contributed by atoms with Crippen molar-refractivity contribution in [1.29, 1.82) is 0 Å². The molecule has 0 radical (unpaired) electrons. The molecule has 1 unspecified atom stereocenters. The molecular weight excluding hydrogens is 336 g/mol. The zero-order valence-electron chi connectivity index (χ0n) is 14.6. The number of benzene rings is 2. The molecule has 1 atom stereocenters. The predicted octanol–water partition coefficient (Wildman–Crippen LogP) is 2.87. The van der Waals surface area contributed by atoms with E-state index in [4.69, 9.17) is 16.3 Å². The highest BCUT2D eigenvalue weighted by Crippen LogP contribution is 2.22. The van der Waals surface area contributed by atoms with E-state index in [2.05, 4.69) is 11.9 Å². The summed E-state index contributed by atoms with van der Waals surface area (Å²) < 4.78 is 5.47. The number of halogens is 1. The highest BCUT2D eigenvalue weighted by molar-refractivity contribution is 6.31. The molecule has 132 valence electrons. The molecule has 0 aliphatic carbocycles. The van der Waals surface area contributed by atoms with Gasteiger partial charge in [0.05, 0.1) is 7.05 Å². The van der Waals surface area contributed by atoms with E-state index >= 15 is 0 Å². The average molecular weight is 360 g/mol. The van der Waals surface area contributed by atoms with Crippen LogP contribution in [-0.2, 0) is 11.3 Å². The molecule has 2 aromatic carbocycles. The third-order valence-electron chi connectivity index (χ3n) is 3.80. The number of hydrogen-bond acceptors (Lipinski definition) is 2. The average Bonchev–Trinajstić information content (AvgIpc) is 2.58. The van der Waals surface area contributed by atoms with Gasteiger partial charge in [-0.15, -0.1) is 0 Å². The third kappa shape index (κ3) is 5.93. The summed E-state index contributed by atoms with van der Waals surface area (Å²) in [5.74, 6) is 0.782. The van der Waals surface area contributed by atoms with Gasteiger partial charge in [0.15, 0.2) is 6.54 Å². The summed E-state index contributed by atoms with van der Waals surface area (Å²) >= 11 is 6.08. The fourth-order valence-electron chi connectivity index (χ4n) is 2.48. The number of anilines is 1. The molecule has 0 saturated carbocycles. The standard InChI is InChI=1S/C20H23ClN2O2/c1-4-12-25-17-10-8-16(9-11-17)13-23(3)14-20(24)22-19-7-5-6-18(21)15(19)2/h4-11H,1,12-14H2,2-3H3,(H,22,24)/p+1. The molecule has 2 rings (SSSR count). The molecule has 0 spiro atoms. The zero-order chi connectivity index (χ0) is 18.2. The van der Waals surface area contributed by atoms with Gasteiger partial charge in [0, 0.05) is 16.3 Å². The monoisotopic (exact) mass is 359 g/mol. The molecule has 0 heterocycles. The lowest BCUT2D eigenvalue weighted by Gasteiger charge is -2.15. The Labute approximate surface area is 154 Å². The van der Waals surface area contributed by atoms with Crippen LogP contribution in [0.1, 0.15) is 11.1 Å². The number of rotatable bonds is 8. The molecule has 0 bridgehead atoms. The van der Waals surface area contributed by atoms with E-state index in [1.165, 1.54) is 0 Å². The largest absolute Gasteiger partial charge is 0.490 e. The van der Waals surface area contributed by atoms with E-state index in [0.29, 0.717) is 18.2 Å². The fraction of sp³-hybridized carbons (Fsp3) is 0.250. The highest BCUT2D eigenvalue weighted by Gasteiger charge is 2.12. The lowest BCUT2D eigenvalue weighted by Crippen LogP contribution is -3.08. The van der Waals surface area contributed by atoms with Gasteiger partial charge in [0.25, 0.3) is 5.91 Å². The maximum absolute atomic E-state index is 12.2. The molecule has 25 heavy (non-hydrogen) atoms. The minimum absolute atomic E-state index is 0.0335. The van der Waals surface area contributed by atoms with Crippen molar-refractivity contribution in [2.75, 3.05) is 25.5 Å². The summed E-state index contributed by atoms with van der Waals surface area (Å²) in [5, 5.41) is 3.58. The van der Waals surface area contributed by atoms with Crippen LogP contribution in [0.5, 0.6) is 5.75 Å². The Morgan fingerprint density at radius 2 is 2.00 bits per heavy atom. The van der Waals surface area contributed by atoms with Gasteiger partial charge in [-0.25, -0.2) is 0 Å². The maximum Gasteiger partial charge on any atom is 0.279 e. The first-order valence-corrected chi connectivity index (χ1v) is 8.56. The Bertz CT molecular complexity index is 729. The van der Waals surface area contributed by atoms with E-state index < -0.39 is 0 Å². The predicted molar refractivity (Wildman–Crippen MR) is 102 cm³/mol. The quantitative estimate of drug-likeness (QED) is 0.712. The Balaban J connectivity index is 1.86. The highest BCUT2D eigenvalue weighted by atomic mass is 35.5. The third-order valence-corrected chi connectivity index (χ3v) is 4.21. The summed E-state index contributed by atoms with van der Waals surface area (Å²) in [6, 6.07) is 13.4. The lowest BCUT2D eigenvalue weighted by atomic mass is 10.2. The maximum atomic E-state index is 12.2. The number of quaternary nitrogens is 1. The second-order valence-corrected chi connectivity index (χ2v) is 6.42. The van der Waals surface area contributed by atoms with Crippen LogP contribution in [0.3, 0.4) is 0 Å². The number of hydrogen-bond donors (Lipinski definition) is 2. The summed E-state index contributed by atoms with van der Waals surface area (Å²) in [4.78, 5) is 13.3. The number of carbonyl (C=O) groups excluding carboxylic acids is 1. The molecule has 0 aromatic heterocycles. The van der Waals surface area contributed by atoms with E-state index in [-0.39, 0.29) is 5.91 Å². The van der Waals surface area contributed by atoms with E-state index in [1.54, 1.807) is 6.08 Å². The van der Waals surface area contributed by atoms with Crippen molar-refractivity contribution in [3.63, 3.8) is 0 Å². The minimum atomic E-state index is -0.0335. The topological polar surface area (TPSA) is 42.8 Å². The SMILES string of the molecule is C=CCOc1ccc(C[NH+](C)CC(=O)Nc2cccc(Cl)c2C)cc1. The Kier molecular flexibility index (Phi) is 7.04. The second-order valence-electron chi connectivity index (χ2n) is 6.01. The Hall–Kier alpha value is -2.30. The molecule has 2 N–H and O–H groups in total. The van der Waals surface area contributed by atoms with Crippen molar-refractivity contribution in [2.24, 2.45) is 0 Å². The van der Waals surface area contributed by atoms with Gasteiger partial charge in [0.2, 0.25) is 0 Å². The lowest BCUT2D eigenvalue weighted by molar-refractivity contribution is -0.885. The molecule has 2 aromatic rings. The van der Waals surface area contributed by atoms with Crippen molar-refractivity contribution in [1.82, 2.24) is 0 Å². The van der Waals surface area contributed by atoms with Crippen molar-refractivity contribution >= 4 is 23.2 Å². The van der Waals surface area contributed by atoms with Crippen LogP contribution in [0.25, 0.3) is 0 Å². The van der Waals surface area contributed by atoms with Gasteiger partial charge >= 0.3 is 0 Å². The van der Waals surface area contributed by atoms with Gasteiger partial charge in [-0.3, -0.25) is 4.79 Å².